The van der Waals surface area contributed by atoms with Gasteiger partial charge in [-0.2, -0.15) is 0 Å². The molecule has 1 heterocycles. The van der Waals surface area contributed by atoms with Crippen LogP contribution in [0.1, 0.15) is 37.0 Å². The minimum Gasteiger partial charge on any atom is -0.383 e. The fourth-order valence-corrected chi connectivity index (χ4v) is 2.42. The van der Waals surface area contributed by atoms with E-state index in [1.807, 2.05) is 4.90 Å². The number of carbonyl (C=O) groups excluding carboxylic acids is 1. The van der Waals surface area contributed by atoms with Crippen molar-refractivity contribution in [1.29, 1.82) is 0 Å². The van der Waals surface area contributed by atoms with E-state index in [4.69, 9.17) is 22.2 Å². The molecular weight excluding hydrogens is 292 g/mol. The molecule has 0 fully saturated rings. The van der Waals surface area contributed by atoms with E-state index in [9.17, 15) is 4.79 Å². The number of amides is 1. The summed E-state index contributed by atoms with van der Waals surface area (Å²) in [7, 11) is 1.62. The zero-order valence-corrected chi connectivity index (χ0v) is 13.5. The summed E-state index contributed by atoms with van der Waals surface area (Å²) in [6.45, 7) is 5.16. The number of hydrogen-bond acceptors (Lipinski definition) is 5. The number of aromatic nitrogens is 1. The van der Waals surface area contributed by atoms with Crippen molar-refractivity contribution in [3.05, 3.63) is 22.8 Å². The number of rotatable bonds is 8. The van der Waals surface area contributed by atoms with E-state index >= 15 is 0 Å². The molecule has 0 radical (unpaired) electrons. The van der Waals surface area contributed by atoms with Gasteiger partial charge in [0.2, 0.25) is 0 Å². The molecule has 0 bridgehead atoms. The number of anilines is 1. The maximum Gasteiger partial charge on any atom is 0.255 e. The highest BCUT2D eigenvalue weighted by molar-refractivity contribution is 6.33. The number of nitrogens with zero attached hydrogens (tertiary/aromatic N) is 2. The Morgan fingerprint density at radius 1 is 1.52 bits per heavy atom. The molecule has 21 heavy (non-hydrogen) atoms. The van der Waals surface area contributed by atoms with Crippen LogP contribution in [0, 0.1) is 0 Å². The second-order valence-corrected chi connectivity index (χ2v) is 5.07. The second-order valence-electron chi connectivity index (χ2n) is 4.66. The number of nitrogens with two attached hydrogens (primary N) is 1. The molecule has 0 unspecified atom stereocenters. The third kappa shape index (κ3) is 4.56. The van der Waals surface area contributed by atoms with Crippen LogP contribution < -0.4 is 11.3 Å². The summed E-state index contributed by atoms with van der Waals surface area (Å²) in [5, 5.41) is 0.319. The van der Waals surface area contributed by atoms with Crippen LogP contribution >= 0.6 is 11.6 Å². The number of nitrogens with one attached hydrogen (secondary N) is 1. The van der Waals surface area contributed by atoms with Gasteiger partial charge < -0.3 is 15.1 Å². The predicted octanol–water partition coefficient (Wildman–Crippen LogP) is 2.30. The van der Waals surface area contributed by atoms with Gasteiger partial charge in [0.1, 0.15) is 0 Å². The van der Waals surface area contributed by atoms with E-state index < -0.39 is 0 Å². The van der Waals surface area contributed by atoms with Crippen LogP contribution in [0.2, 0.25) is 5.02 Å². The molecule has 0 atom stereocenters. The van der Waals surface area contributed by atoms with Crippen molar-refractivity contribution >= 4 is 23.3 Å². The maximum atomic E-state index is 12.7. The van der Waals surface area contributed by atoms with Crippen molar-refractivity contribution < 1.29 is 9.53 Å². The average molecular weight is 315 g/mol. The number of carbonyl (C=O) groups is 1. The number of ether oxygens (including phenoxy) is 1. The number of pyridine rings is 1. The normalized spacial score (nSPS) is 10.8. The SMILES string of the molecule is CCC(CC)N(CCOC)C(=O)c1cnc(NN)c(Cl)c1. The van der Waals surface area contributed by atoms with Gasteiger partial charge >= 0.3 is 0 Å². The van der Waals surface area contributed by atoms with Gasteiger partial charge in [-0.05, 0) is 18.9 Å². The van der Waals surface area contributed by atoms with Crippen molar-refractivity contribution in [2.45, 2.75) is 32.7 Å². The first kappa shape index (κ1) is 17.7. The van der Waals surface area contributed by atoms with E-state index in [2.05, 4.69) is 24.3 Å². The van der Waals surface area contributed by atoms with Gasteiger partial charge in [-0.1, -0.05) is 25.4 Å². The molecule has 0 aliphatic rings. The molecule has 1 aromatic heterocycles. The van der Waals surface area contributed by atoms with Crippen molar-refractivity contribution in [3.63, 3.8) is 0 Å². The van der Waals surface area contributed by atoms with Gasteiger partial charge in [0.15, 0.2) is 5.82 Å². The van der Waals surface area contributed by atoms with Crippen LogP contribution in [0.15, 0.2) is 12.3 Å². The second kappa shape index (κ2) is 8.81. The van der Waals surface area contributed by atoms with Crippen LogP contribution in [0.4, 0.5) is 5.82 Å². The first-order valence-electron chi connectivity index (χ1n) is 7.01. The Bertz CT molecular complexity index is 466. The molecule has 1 aromatic rings. The van der Waals surface area contributed by atoms with E-state index in [-0.39, 0.29) is 11.9 Å². The topological polar surface area (TPSA) is 80.5 Å². The molecule has 1 rings (SSSR count). The monoisotopic (exact) mass is 314 g/mol. The smallest absolute Gasteiger partial charge is 0.255 e. The Kier molecular flexibility index (Phi) is 7.42. The van der Waals surface area contributed by atoms with Gasteiger partial charge in [-0.25, -0.2) is 10.8 Å². The van der Waals surface area contributed by atoms with Crippen LogP contribution in [-0.2, 0) is 4.74 Å². The first-order chi connectivity index (χ1) is 10.1. The van der Waals surface area contributed by atoms with Crippen LogP contribution in [-0.4, -0.2) is 42.1 Å². The fourth-order valence-electron chi connectivity index (χ4n) is 2.20. The van der Waals surface area contributed by atoms with Crippen molar-refractivity contribution in [1.82, 2.24) is 9.88 Å². The molecule has 6 nitrogen and oxygen atoms in total. The highest BCUT2D eigenvalue weighted by Gasteiger charge is 2.23. The van der Waals surface area contributed by atoms with E-state index in [0.717, 1.165) is 12.8 Å². The van der Waals surface area contributed by atoms with Crippen molar-refractivity contribution in [2.24, 2.45) is 5.84 Å². The summed E-state index contributed by atoms with van der Waals surface area (Å²) >= 11 is 6.03. The zero-order chi connectivity index (χ0) is 15.8. The minimum atomic E-state index is -0.0984. The molecule has 0 aromatic carbocycles. The quantitative estimate of drug-likeness (QED) is 0.568. The number of hydrazine groups is 1. The minimum absolute atomic E-state index is 0.0984. The molecule has 0 saturated carbocycles. The number of hydrogen-bond donors (Lipinski definition) is 2. The number of methoxy groups -OCH3 is 1. The summed E-state index contributed by atoms with van der Waals surface area (Å²) in [4.78, 5) is 18.5. The van der Waals surface area contributed by atoms with Gasteiger partial charge in [0, 0.05) is 25.9 Å². The maximum absolute atomic E-state index is 12.7. The van der Waals surface area contributed by atoms with Crippen LogP contribution in [0.3, 0.4) is 0 Å². The average Bonchev–Trinajstić information content (AvgIpc) is 2.50. The van der Waals surface area contributed by atoms with Gasteiger partial charge in [-0.3, -0.25) is 4.79 Å². The third-order valence-corrected chi connectivity index (χ3v) is 3.69. The summed E-state index contributed by atoms with van der Waals surface area (Å²) in [6.07, 6.45) is 3.25. The summed E-state index contributed by atoms with van der Waals surface area (Å²) in [5.41, 5.74) is 2.83. The Hall–Kier alpha value is -1.37. The Balaban J connectivity index is 3.00. The predicted molar refractivity (Wildman–Crippen MR) is 84.3 cm³/mol. The first-order valence-corrected chi connectivity index (χ1v) is 7.38. The van der Waals surface area contributed by atoms with Crippen LogP contribution in [0.5, 0.6) is 0 Å². The van der Waals surface area contributed by atoms with Gasteiger partial charge in [0.25, 0.3) is 5.91 Å². The molecular formula is C14H23ClN4O2. The van der Waals surface area contributed by atoms with Crippen molar-refractivity contribution in [3.8, 4) is 0 Å². The van der Waals surface area contributed by atoms with Gasteiger partial charge in [0.05, 0.1) is 17.2 Å². The number of halogens is 1. The molecule has 1 amide bonds. The lowest BCUT2D eigenvalue weighted by molar-refractivity contribution is 0.0589. The standard InChI is InChI=1S/C14H23ClN4O2/c1-4-11(5-2)19(6-7-21-3)14(20)10-8-12(15)13(18-16)17-9-10/h8-9,11H,4-7,16H2,1-3H3,(H,17,18). The Morgan fingerprint density at radius 3 is 2.67 bits per heavy atom. The Morgan fingerprint density at radius 2 is 2.19 bits per heavy atom. The Labute approximate surface area is 130 Å². The number of nitrogen functional groups attached to an aromatic ring is 1. The summed E-state index contributed by atoms with van der Waals surface area (Å²) < 4.78 is 5.10. The lowest BCUT2D eigenvalue weighted by Crippen LogP contribution is -2.41. The molecule has 118 valence electrons. The molecule has 3 N–H and O–H groups in total. The summed E-state index contributed by atoms with van der Waals surface area (Å²) in [5.74, 6) is 5.53. The third-order valence-electron chi connectivity index (χ3n) is 3.41. The van der Waals surface area contributed by atoms with Crippen LogP contribution in [0.25, 0.3) is 0 Å². The highest BCUT2D eigenvalue weighted by atomic mass is 35.5. The molecule has 0 saturated heterocycles. The van der Waals surface area contributed by atoms with E-state index in [0.29, 0.717) is 29.6 Å². The molecule has 0 spiro atoms. The van der Waals surface area contributed by atoms with Crippen molar-refractivity contribution in [2.75, 3.05) is 25.7 Å². The largest absolute Gasteiger partial charge is 0.383 e. The van der Waals surface area contributed by atoms with E-state index in [1.165, 1.54) is 6.20 Å². The fraction of sp³-hybridized carbons (Fsp3) is 0.571. The summed E-state index contributed by atoms with van der Waals surface area (Å²) in [6, 6.07) is 1.74. The lowest BCUT2D eigenvalue weighted by Gasteiger charge is -2.30. The lowest BCUT2D eigenvalue weighted by atomic mass is 10.1. The molecule has 0 aliphatic heterocycles. The van der Waals surface area contributed by atoms with E-state index in [1.54, 1.807) is 13.2 Å². The highest BCUT2D eigenvalue weighted by Crippen LogP contribution is 2.21. The molecule has 0 aliphatic carbocycles. The zero-order valence-electron chi connectivity index (χ0n) is 12.7. The molecule has 7 heteroatoms. The van der Waals surface area contributed by atoms with Gasteiger partial charge in [-0.15, -0.1) is 0 Å².